The first kappa shape index (κ1) is 19.1. The van der Waals surface area contributed by atoms with Crippen LogP contribution in [0, 0.1) is 0 Å². The fraction of sp³-hybridized carbons (Fsp3) is 0.292. The molecule has 1 heterocycles. The van der Waals surface area contributed by atoms with Gasteiger partial charge in [-0.1, -0.05) is 61.7 Å². The van der Waals surface area contributed by atoms with E-state index in [9.17, 15) is 9.59 Å². The van der Waals surface area contributed by atoms with E-state index in [4.69, 9.17) is 0 Å². The Morgan fingerprint density at radius 1 is 0.931 bits per heavy atom. The molecular weight excluding hydrogens is 362 g/mol. The summed E-state index contributed by atoms with van der Waals surface area (Å²) in [5.41, 5.74) is 3.35. The van der Waals surface area contributed by atoms with Crippen LogP contribution in [0.4, 0.5) is 5.69 Å². The first-order valence-electron chi connectivity index (χ1n) is 10.2. The highest BCUT2D eigenvalue weighted by atomic mass is 16.2. The van der Waals surface area contributed by atoms with Gasteiger partial charge in [0.15, 0.2) is 0 Å². The third-order valence-corrected chi connectivity index (χ3v) is 5.50. The summed E-state index contributed by atoms with van der Waals surface area (Å²) in [6, 6.07) is 20.8. The number of benzene rings is 2. The van der Waals surface area contributed by atoms with Gasteiger partial charge in [-0.3, -0.25) is 9.59 Å². The van der Waals surface area contributed by atoms with E-state index in [0.717, 1.165) is 11.3 Å². The predicted molar refractivity (Wildman–Crippen MR) is 115 cm³/mol. The molecule has 1 fully saturated rings. The summed E-state index contributed by atoms with van der Waals surface area (Å²) in [4.78, 5) is 24.6. The smallest absolute Gasteiger partial charge is 0.267 e. The highest BCUT2D eigenvalue weighted by Crippen LogP contribution is 2.32. The Hall–Kier alpha value is -3.21. The Balaban J connectivity index is 1.42. The summed E-state index contributed by atoms with van der Waals surface area (Å²) in [7, 11) is 0. The second-order valence-corrected chi connectivity index (χ2v) is 7.59. The van der Waals surface area contributed by atoms with Crippen LogP contribution in [0.15, 0.2) is 71.5 Å². The number of hydrogen-bond donors (Lipinski definition) is 1. The summed E-state index contributed by atoms with van der Waals surface area (Å²) in [6.45, 7) is -0.121. The van der Waals surface area contributed by atoms with E-state index >= 15 is 0 Å². The predicted octanol–water partition coefficient (Wildman–Crippen LogP) is 4.60. The van der Waals surface area contributed by atoms with Crippen LogP contribution in [-0.4, -0.2) is 15.7 Å². The molecule has 29 heavy (non-hydrogen) atoms. The van der Waals surface area contributed by atoms with Crippen molar-refractivity contribution in [2.24, 2.45) is 0 Å². The van der Waals surface area contributed by atoms with E-state index < -0.39 is 0 Å². The Labute approximate surface area is 170 Å². The molecule has 3 aromatic rings. The van der Waals surface area contributed by atoms with Crippen LogP contribution in [0.5, 0.6) is 0 Å². The van der Waals surface area contributed by atoms with E-state index in [2.05, 4.69) is 22.5 Å². The van der Waals surface area contributed by atoms with Crippen molar-refractivity contribution in [2.45, 2.75) is 44.6 Å². The molecule has 4 rings (SSSR count). The van der Waals surface area contributed by atoms with Crippen molar-refractivity contribution in [3.05, 3.63) is 82.6 Å². The van der Waals surface area contributed by atoms with Gasteiger partial charge < -0.3 is 5.32 Å². The molecule has 0 bridgehead atoms. The SMILES string of the molecule is O=C(Cn1nc(-c2ccccc2)ccc1=O)Nc1ccc(C2CCCCC2)cc1. The molecule has 1 aromatic heterocycles. The van der Waals surface area contributed by atoms with Gasteiger partial charge in [-0.15, -0.1) is 0 Å². The normalized spacial score (nSPS) is 14.5. The van der Waals surface area contributed by atoms with Crippen molar-refractivity contribution in [3.8, 4) is 11.3 Å². The number of hydrogen-bond acceptors (Lipinski definition) is 3. The van der Waals surface area contributed by atoms with Crippen molar-refractivity contribution in [2.75, 3.05) is 5.32 Å². The molecule has 0 saturated heterocycles. The minimum atomic E-state index is -0.299. The van der Waals surface area contributed by atoms with E-state index in [1.54, 1.807) is 6.07 Å². The molecule has 1 N–H and O–H groups in total. The maximum atomic E-state index is 12.5. The number of carbonyl (C=O) groups excluding carboxylic acids is 1. The van der Waals surface area contributed by atoms with Gasteiger partial charge in [0, 0.05) is 17.3 Å². The summed E-state index contributed by atoms with van der Waals surface area (Å²) < 4.78 is 1.20. The molecule has 1 amide bonds. The van der Waals surface area contributed by atoms with Crippen LogP contribution in [0.3, 0.4) is 0 Å². The van der Waals surface area contributed by atoms with Gasteiger partial charge in [0.25, 0.3) is 5.56 Å². The van der Waals surface area contributed by atoms with Gasteiger partial charge in [0.2, 0.25) is 5.91 Å². The van der Waals surface area contributed by atoms with Crippen LogP contribution in [0.25, 0.3) is 11.3 Å². The largest absolute Gasteiger partial charge is 0.324 e. The molecule has 1 aliphatic carbocycles. The molecule has 0 unspecified atom stereocenters. The van der Waals surface area contributed by atoms with E-state index in [1.165, 1.54) is 48.4 Å². The second kappa shape index (κ2) is 8.86. The lowest BCUT2D eigenvalue weighted by molar-refractivity contribution is -0.117. The number of nitrogens with zero attached hydrogens (tertiary/aromatic N) is 2. The van der Waals surface area contributed by atoms with Crippen molar-refractivity contribution < 1.29 is 4.79 Å². The van der Waals surface area contributed by atoms with Gasteiger partial charge in [-0.25, -0.2) is 4.68 Å². The molecule has 5 heteroatoms. The van der Waals surface area contributed by atoms with Crippen molar-refractivity contribution in [3.63, 3.8) is 0 Å². The lowest BCUT2D eigenvalue weighted by Gasteiger charge is -2.22. The quantitative estimate of drug-likeness (QED) is 0.696. The zero-order valence-corrected chi connectivity index (χ0v) is 16.4. The molecule has 0 spiro atoms. The van der Waals surface area contributed by atoms with Crippen molar-refractivity contribution >= 4 is 11.6 Å². The minimum Gasteiger partial charge on any atom is -0.324 e. The average Bonchev–Trinajstić information content (AvgIpc) is 2.77. The molecular formula is C24H25N3O2. The van der Waals surface area contributed by atoms with E-state index in [0.29, 0.717) is 11.6 Å². The first-order valence-corrected chi connectivity index (χ1v) is 10.2. The number of aromatic nitrogens is 2. The maximum Gasteiger partial charge on any atom is 0.267 e. The zero-order valence-electron chi connectivity index (χ0n) is 16.4. The zero-order chi connectivity index (χ0) is 20.1. The Morgan fingerprint density at radius 3 is 2.38 bits per heavy atom. The summed E-state index contributed by atoms with van der Waals surface area (Å²) in [5.74, 6) is 0.368. The second-order valence-electron chi connectivity index (χ2n) is 7.59. The highest BCUT2D eigenvalue weighted by molar-refractivity contribution is 5.90. The van der Waals surface area contributed by atoms with Gasteiger partial charge in [-0.2, -0.15) is 5.10 Å². The maximum absolute atomic E-state index is 12.5. The molecule has 148 valence electrons. The number of carbonyl (C=O) groups is 1. The van der Waals surface area contributed by atoms with Crippen molar-refractivity contribution in [1.82, 2.24) is 9.78 Å². The topological polar surface area (TPSA) is 64.0 Å². The molecule has 1 aliphatic rings. The van der Waals surface area contributed by atoms with Gasteiger partial charge in [0.1, 0.15) is 6.54 Å². The third-order valence-electron chi connectivity index (χ3n) is 5.50. The van der Waals surface area contributed by atoms with Crippen LogP contribution in [-0.2, 0) is 11.3 Å². The fourth-order valence-corrected chi connectivity index (χ4v) is 3.94. The molecule has 1 saturated carbocycles. The minimum absolute atomic E-state index is 0.121. The van der Waals surface area contributed by atoms with Crippen LogP contribution < -0.4 is 10.9 Å². The van der Waals surface area contributed by atoms with Crippen molar-refractivity contribution in [1.29, 1.82) is 0 Å². The number of nitrogens with one attached hydrogen (secondary N) is 1. The van der Waals surface area contributed by atoms with E-state index in [-0.39, 0.29) is 18.0 Å². The lowest BCUT2D eigenvalue weighted by atomic mass is 9.84. The highest BCUT2D eigenvalue weighted by Gasteiger charge is 2.15. The molecule has 2 aromatic carbocycles. The van der Waals surface area contributed by atoms with Crippen LogP contribution in [0.2, 0.25) is 0 Å². The standard InChI is InChI=1S/C24H25N3O2/c28-23(25-21-13-11-19(12-14-21)18-7-3-1-4-8-18)17-27-24(29)16-15-22(26-27)20-9-5-2-6-10-20/h2,5-6,9-16,18H,1,3-4,7-8,17H2,(H,25,28). The number of amides is 1. The fourth-order valence-electron chi connectivity index (χ4n) is 3.94. The van der Waals surface area contributed by atoms with Crippen LogP contribution >= 0.6 is 0 Å². The van der Waals surface area contributed by atoms with E-state index in [1.807, 2.05) is 42.5 Å². The monoisotopic (exact) mass is 387 g/mol. The summed E-state index contributed by atoms with van der Waals surface area (Å²) in [6.07, 6.45) is 6.43. The van der Waals surface area contributed by atoms with Gasteiger partial charge >= 0.3 is 0 Å². The molecule has 0 aliphatic heterocycles. The molecule has 5 nitrogen and oxygen atoms in total. The van der Waals surface area contributed by atoms with Gasteiger partial charge in [0.05, 0.1) is 5.69 Å². The average molecular weight is 387 g/mol. The lowest BCUT2D eigenvalue weighted by Crippen LogP contribution is -2.29. The molecule has 0 atom stereocenters. The molecule has 0 radical (unpaired) electrons. The Bertz CT molecular complexity index is 1020. The Kier molecular flexibility index (Phi) is 5.84. The Morgan fingerprint density at radius 2 is 1.66 bits per heavy atom. The first-order chi connectivity index (χ1) is 14.2. The third kappa shape index (κ3) is 4.80. The van der Waals surface area contributed by atoms with Gasteiger partial charge in [-0.05, 0) is 42.5 Å². The van der Waals surface area contributed by atoms with Crippen LogP contribution in [0.1, 0.15) is 43.6 Å². The summed E-state index contributed by atoms with van der Waals surface area (Å²) >= 11 is 0. The summed E-state index contributed by atoms with van der Waals surface area (Å²) in [5, 5.41) is 7.21. The number of anilines is 1. The number of rotatable bonds is 5.